The van der Waals surface area contributed by atoms with Crippen LogP contribution in [0.2, 0.25) is 5.15 Å². The summed E-state index contributed by atoms with van der Waals surface area (Å²) in [5.74, 6) is -0.155. The first-order valence-corrected chi connectivity index (χ1v) is 9.03. The number of pyridine rings is 1. The number of hydrogen-bond donors (Lipinski definition) is 1. The second-order valence-electron chi connectivity index (χ2n) is 6.60. The zero-order valence-corrected chi connectivity index (χ0v) is 15.1. The van der Waals surface area contributed by atoms with Crippen LogP contribution in [0.4, 0.5) is 0 Å². The highest BCUT2D eigenvalue weighted by atomic mass is 35.5. The summed E-state index contributed by atoms with van der Waals surface area (Å²) >= 11 is 6.12. The molecule has 26 heavy (non-hydrogen) atoms. The maximum Gasteiger partial charge on any atom is 0.357 e. The second kappa shape index (κ2) is 7.05. The summed E-state index contributed by atoms with van der Waals surface area (Å²) in [7, 11) is 0. The molecular formula is C19H19ClN4O2. The molecule has 0 saturated carbocycles. The molecular weight excluding hydrogens is 352 g/mol. The van der Waals surface area contributed by atoms with Crippen molar-refractivity contribution in [3.05, 3.63) is 59.0 Å². The summed E-state index contributed by atoms with van der Waals surface area (Å²) in [5.41, 5.74) is 2.24. The minimum Gasteiger partial charge on any atom is -0.364 e. The molecule has 1 aliphatic heterocycles. The molecule has 1 aromatic carbocycles. The summed E-state index contributed by atoms with van der Waals surface area (Å²) < 4.78 is 0. The molecule has 0 unspecified atom stereocenters. The van der Waals surface area contributed by atoms with E-state index < -0.39 is 0 Å². The van der Waals surface area contributed by atoms with Crippen molar-refractivity contribution >= 4 is 28.5 Å². The fourth-order valence-corrected chi connectivity index (χ4v) is 3.61. The van der Waals surface area contributed by atoms with Gasteiger partial charge in [0.2, 0.25) is 0 Å². The maximum absolute atomic E-state index is 12.4. The summed E-state index contributed by atoms with van der Waals surface area (Å²) in [4.78, 5) is 22.1. The van der Waals surface area contributed by atoms with Crippen molar-refractivity contribution < 1.29 is 9.63 Å². The Morgan fingerprint density at radius 1 is 1.27 bits per heavy atom. The molecule has 0 spiro atoms. The number of rotatable bonds is 3. The van der Waals surface area contributed by atoms with Crippen LogP contribution in [-0.2, 0) is 4.84 Å². The van der Waals surface area contributed by atoms with Gasteiger partial charge in [0.1, 0.15) is 5.52 Å². The number of H-pyrrole nitrogens is 1. The van der Waals surface area contributed by atoms with Crippen molar-refractivity contribution in [2.24, 2.45) is 0 Å². The Kier molecular flexibility index (Phi) is 4.61. The summed E-state index contributed by atoms with van der Waals surface area (Å²) in [6.45, 7) is 2.68. The number of carbonyl (C=O) groups is 1. The van der Waals surface area contributed by atoms with Crippen LogP contribution in [0, 0.1) is 0 Å². The number of halogens is 1. The molecule has 0 aliphatic carbocycles. The van der Waals surface area contributed by atoms with Gasteiger partial charge in [0.15, 0.2) is 5.15 Å². The van der Waals surface area contributed by atoms with Crippen LogP contribution in [0.15, 0.2) is 42.6 Å². The minimum absolute atomic E-state index is 0.165. The predicted octanol–water partition coefficient (Wildman–Crippen LogP) is 3.95. The number of nitrogens with one attached hydrogen (secondary N) is 1. The first kappa shape index (κ1) is 17.0. The van der Waals surface area contributed by atoms with Gasteiger partial charge in [0.05, 0.1) is 5.56 Å². The first-order chi connectivity index (χ1) is 12.6. The van der Waals surface area contributed by atoms with E-state index in [-0.39, 0.29) is 17.9 Å². The Hall–Kier alpha value is -2.44. The number of nitrogens with zero attached hydrogens (tertiary/aromatic N) is 3. The Morgan fingerprint density at radius 2 is 2.08 bits per heavy atom. The largest absolute Gasteiger partial charge is 0.364 e. The normalized spacial score (nSPS) is 21.0. The topological polar surface area (TPSA) is 71.1 Å². The van der Waals surface area contributed by atoms with Gasteiger partial charge in [-0.05, 0) is 38.0 Å². The molecule has 1 N–H and O–H groups in total. The smallest absolute Gasteiger partial charge is 0.357 e. The summed E-state index contributed by atoms with van der Waals surface area (Å²) in [6, 6.07) is 11.1. The highest BCUT2D eigenvalue weighted by Crippen LogP contribution is 2.34. The highest BCUT2D eigenvalue weighted by molar-refractivity contribution is 6.33. The Labute approximate surface area is 156 Å². The average Bonchev–Trinajstić information content (AvgIpc) is 3.10. The molecule has 3 heterocycles. The lowest BCUT2D eigenvalue weighted by molar-refractivity contribution is -0.150. The van der Waals surface area contributed by atoms with Gasteiger partial charge < -0.3 is 4.84 Å². The number of carbonyl (C=O) groups excluding carboxylic acids is 1. The van der Waals surface area contributed by atoms with Crippen molar-refractivity contribution in [2.45, 2.75) is 31.7 Å². The van der Waals surface area contributed by atoms with E-state index in [4.69, 9.17) is 16.4 Å². The number of hydroxylamine groups is 2. The number of hydrogen-bond acceptors (Lipinski definition) is 5. The van der Waals surface area contributed by atoms with Crippen LogP contribution in [-0.4, -0.2) is 38.8 Å². The van der Waals surface area contributed by atoms with Crippen molar-refractivity contribution in [2.75, 3.05) is 6.54 Å². The highest BCUT2D eigenvalue weighted by Gasteiger charge is 2.31. The number of aromatic nitrogens is 3. The molecule has 6 nitrogen and oxygen atoms in total. The van der Waals surface area contributed by atoms with Crippen molar-refractivity contribution in [1.82, 2.24) is 20.2 Å². The summed E-state index contributed by atoms with van der Waals surface area (Å²) in [5, 5.41) is 10.5. The van der Waals surface area contributed by atoms with Crippen LogP contribution in [0.25, 0.3) is 10.9 Å². The number of fused-ring (bicyclic) bond motifs is 1. The van der Waals surface area contributed by atoms with E-state index in [1.807, 2.05) is 24.3 Å². The lowest BCUT2D eigenvalue weighted by atomic mass is 9.91. The molecule has 4 rings (SSSR count). The van der Waals surface area contributed by atoms with E-state index >= 15 is 0 Å². The van der Waals surface area contributed by atoms with E-state index in [1.54, 1.807) is 23.4 Å². The first-order valence-electron chi connectivity index (χ1n) is 8.66. The Balaban J connectivity index is 1.54. The fraction of sp³-hybridized carbons (Fsp3) is 0.316. The second-order valence-corrected chi connectivity index (χ2v) is 6.96. The van der Waals surface area contributed by atoms with E-state index in [0.717, 1.165) is 23.9 Å². The molecule has 1 fully saturated rings. The number of aromatic amines is 1. The third kappa shape index (κ3) is 3.18. The van der Waals surface area contributed by atoms with Gasteiger partial charge in [-0.15, -0.1) is 5.06 Å². The molecule has 1 aliphatic rings. The van der Waals surface area contributed by atoms with Crippen LogP contribution in [0.3, 0.4) is 0 Å². The predicted molar refractivity (Wildman–Crippen MR) is 98.9 cm³/mol. The zero-order valence-electron chi connectivity index (χ0n) is 14.4. The fourth-order valence-electron chi connectivity index (χ4n) is 3.41. The van der Waals surface area contributed by atoms with Gasteiger partial charge in [-0.1, -0.05) is 29.8 Å². The van der Waals surface area contributed by atoms with Gasteiger partial charge in [-0.3, -0.25) is 5.10 Å². The van der Waals surface area contributed by atoms with Gasteiger partial charge in [0, 0.05) is 35.8 Å². The number of benzene rings is 1. The zero-order chi connectivity index (χ0) is 18.1. The van der Waals surface area contributed by atoms with Crippen LogP contribution < -0.4 is 0 Å². The molecule has 1 saturated heterocycles. The van der Waals surface area contributed by atoms with Crippen molar-refractivity contribution in [3.63, 3.8) is 0 Å². The molecule has 3 aromatic rings. The van der Waals surface area contributed by atoms with Crippen molar-refractivity contribution in [3.8, 4) is 0 Å². The minimum atomic E-state index is -0.334. The van der Waals surface area contributed by atoms with Crippen LogP contribution in [0.5, 0.6) is 0 Å². The van der Waals surface area contributed by atoms with Gasteiger partial charge in [-0.2, -0.15) is 5.10 Å². The Morgan fingerprint density at radius 3 is 2.88 bits per heavy atom. The SMILES string of the molecule is C[C@H]1CC[C@@H](c2[nH]nc3c(Cl)nccc23)CN1OC(=O)c1ccccc1. The number of piperidine rings is 1. The monoisotopic (exact) mass is 370 g/mol. The molecule has 2 aromatic heterocycles. The lowest BCUT2D eigenvalue weighted by Crippen LogP contribution is -2.42. The lowest BCUT2D eigenvalue weighted by Gasteiger charge is -2.35. The quantitative estimate of drug-likeness (QED) is 0.707. The average molecular weight is 371 g/mol. The molecule has 0 radical (unpaired) electrons. The standard InChI is InChI=1S/C19H19ClN4O2/c1-12-7-8-14(16-15-9-10-21-18(20)17(15)23-22-16)11-24(12)26-19(25)13-5-3-2-4-6-13/h2-6,9-10,12,14H,7-8,11H2,1H3,(H,22,23)/t12-,14+/m0/s1. The molecule has 134 valence electrons. The van der Waals surface area contributed by atoms with Gasteiger partial charge in [-0.25, -0.2) is 9.78 Å². The van der Waals surface area contributed by atoms with E-state index in [9.17, 15) is 4.79 Å². The van der Waals surface area contributed by atoms with Gasteiger partial charge >= 0.3 is 5.97 Å². The van der Waals surface area contributed by atoms with Crippen LogP contribution >= 0.6 is 11.6 Å². The molecule has 0 bridgehead atoms. The van der Waals surface area contributed by atoms with E-state index in [0.29, 0.717) is 22.8 Å². The third-order valence-electron chi connectivity index (χ3n) is 4.90. The molecule has 2 atom stereocenters. The maximum atomic E-state index is 12.4. The van der Waals surface area contributed by atoms with E-state index in [2.05, 4.69) is 22.1 Å². The van der Waals surface area contributed by atoms with E-state index in [1.165, 1.54) is 0 Å². The third-order valence-corrected chi connectivity index (χ3v) is 5.18. The van der Waals surface area contributed by atoms with Crippen LogP contribution in [0.1, 0.15) is 41.7 Å². The summed E-state index contributed by atoms with van der Waals surface area (Å²) in [6.07, 6.45) is 3.59. The van der Waals surface area contributed by atoms with Gasteiger partial charge in [0.25, 0.3) is 0 Å². The van der Waals surface area contributed by atoms with Crippen molar-refractivity contribution in [1.29, 1.82) is 0 Å². The Bertz CT molecular complexity index is 928. The molecule has 0 amide bonds. The molecule has 7 heteroatoms.